The van der Waals surface area contributed by atoms with E-state index in [-0.39, 0.29) is 17.4 Å². The average molecular weight is 384 g/mol. The van der Waals surface area contributed by atoms with Gasteiger partial charge in [-0.1, -0.05) is 0 Å². The van der Waals surface area contributed by atoms with E-state index < -0.39 is 15.7 Å². The fourth-order valence-corrected chi connectivity index (χ4v) is 5.09. The quantitative estimate of drug-likeness (QED) is 0.583. The molecule has 1 aromatic heterocycles. The molecule has 1 atom stereocenters. The van der Waals surface area contributed by atoms with Gasteiger partial charge in [-0.05, 0) is 19.3 Å². The van der Waals surface area contributed by atoms with Crippen molar-refractivity contribution in [2.75, 3.05) is 55.7 Å². The number of hydrogen-bond acceptors (Lipinski definition) is 6. The van der Waals surface area contributed by atoms with E-state index in [1.807, 2.05) is 11.8 Å². The van der Waals surface area contributed by atoms with Crippen molar-refractivity contribution in [3.05, 3.63) is 18.2 Å². The molecule has 0 radical (unpaired) electrons. The molecule has 2 aliphatic heterocycles. The van der Waals surface area contributed by atoms with Crippen LogP contribution in [0.1, 0.15) is 13.3 Å². The van der Waals surface area contributed by atoms with Crippen LogP contribution in [0.2, 0.25) is 0 Å². The highest BCUT2D eigenvalue weighted by Crippen LogP contribution is 2.19. The maximum atomic E-state index is 13.0. The molecule has 0 saturated carbocycles. The van der Waals surface area contributed by atoms with E-state index in [1.54, 1.807) is 0 Å². The van der Waals surface area contributed by atoms with Crippen LogP contribution >= 0.6 is 0 Å². The molecule has 144 valence electrons. The molecule has 1 unspecified atom stereocenters. The normalized spacial score (nSPS) is 23.3. The van der Waals surface area contributed by atoms with E-state index >= 15 is 0 Å². The first kappa shape index (κ1) is 18.8. The lowest BCUT2D eigenvalue weighted by molar-refractivity contribution is 0.369. The smallest absolute Gasteiger partial charge is 0.225 e. The standard InChI is InChI=1S/C16H25FN6O2S/c1-2-18-15(19-9-13-3-8-26(24,25)12-13)22-4-6-23(7-5-22)16-20-10-14(17)11-21-16/h10-11,13H,2-9,12H2,1H3,(H,18,19). The Kier molecular flexibility index (Phi) is 5.90. The largest absolute Gasteiger partial charge is 0.357 e. The second kappa shape index (κ2) is 8.15. The zero-order chi connectivity index (χ0) is 18.6. The van der Waals surface area contributed by atoms with Gasteiger partial charge in [-0.3, -0.25) is 4.99 Å². The van der Waals surface area contributed by atoms with Gasteiger partial charge in [0.05, 0.1) is 23.9 Å². The highest BCUT2D eigenvalue weighted by molar-refractivity contribution is 7.91. The van der Waals surface area contributed by atoms with Crippen LogP contribution < -0.4 is 10.2 Å². The summed E-state index contributed by atoms with van der Waals surface area (Å²) in [6, 6.07) is 0. The van der Waals surface area contributed by atoms with Crippen LogP contribution in [0.5, 0.6) is 0 Å². The first-order valence-corrected chi connectivity index (χ1v) is 10.7. The van der Waals surface area contributed by atoms with Gasteiger partial charge in [-0.2, -0.15) is 0 Å². The van der Waals surface area contributed by atoms with Gasteiger partial charge in [0, 0.05) is 39.3 Å². The SMILES string of the molecule is CCNC(=NCC1CCS(=O)(=O)C1)N1CCN(c2ncc(F)cn2)CC1. The van der Waals surface area contributed by atoms with Crippen LogP contribution in [0, 0.1) is 11.7 Å². The molecule has 2 fully saturated rings. The van der Waals surface area contributed by atoms with Gasteiger partial charge in [0.15, 0.2) is 21.6 Å². The van der Waals surface area contributed by atoms with Crippen LogP contribution in [0.3, 0.4) is 0 Å². The van der Waals surface area contributed by atoms with Crippen molar-refractivity contribution in [1.82, 2.24) is 20.2 Å². The van der Waals surface area contributed by atoms with Gasteiger partial charge in [-0.15, -0.1) is 0 Å². The monoisotopic (exact) mass is 384 g/mol. The van der Waals surface area contributed by atoms with Gasteiger partial charge in [-0.25, -0.2) is 22.8 Å². The number of aromatic nitrogens is 2. The lowest BCUT2D eigenvalue weighted by atomic mass is 10.1. The molecule has 1 aromatic rings. The van der Waals surface area contributed by atoms with Crippen molar-refractivity contribution in [2.24, 2.45) is 10.9 Å². The number of sulfone groups is 1. The van der Waals surface area contributed by atoms with Crippen molar-refractivity contribution >= 4 is 21.7 Å². The number of halogens is 1. The number of anilines is 1. The predicted molar refractivity (Wildman–Crippen MR) is 98.5 cm³/mol. The van der Waals surface area contributed by atoms with Crippen LogP contribution in [-0.2, 0) is 9.84 Å². The van der Waals surface area contributed by atoms with Crippen molar-refractivity contribution in [1.29, 1.82) is 0 Å². The summed E-state index contributed by atoms with van der Waals surface area (Å²) in [5, 5.41) is 3.29. The zero-order valence-electron chi connectivity index (χ0n) is 14.9. The number of guanidine groups is 1. The maximum absolute atomic E-state index is 13.0. The second-order valence-corrected chi connectivity index (χ2v) is 8.87. The molecule has 2 saturated heterocycles. The van der Waals surface area contributed by atoms with Gasteiger partial charge in [0.1, 0.15) is 0 Å². The molecular formula is C16H25FN6O2S. The Labute approximate surface area is 153 Å². The third-order valence-corrected chi connectivity index (χ3v) is 6.47. The fourth-order valence-electron chi connectivity index (χ4n) is 3.24. The summed E-state index contributed by atoms with van der Waals surface area (Å²) >= 11 is 0. The summed E-state index contributed by atoms with van der Waals surface area (Å²) in [5.74, 6) is 1.54. The Morgan fingerprint density at radius 2 is 2.00 bits per heavy atom. The van der Waals surface area contributed by atoms with Crippen LogP contribution in [0.15, 0.2) is 17.4 Å². The minimum Gasteiger partial charge on any atom is -0.357 e. The molecule has 3 heterocycles. The Hall–Kier alpha value is -1.97. The Bertz CT molecular complexity index is 732. The molecule has 26 heavy (non-hydrogen) atoms. The number of nitrogens with zero attached hydrogens (tertiary/aromatic N) is 5. The lowest BCUT2D eigenvalue weighted by Gasteiger charge is -2.36. The van der Waals surface area contributed by atoms with Gasteiger partial charge >= 0.3 is 0 Å². The van der Waals surface area contributed by atoms with Crippen molar-refractivity contribution < 1.29 is 12.8 Å². The molecule has 0 spiro atoms. The van der Waals surface area contributed by atoms with Gasteiger partial charge < -0.3 is 15.1 Å². The highest BCUT2D eigenvalue weighted by Gasteiger charge is 2.28. The lowest BCUT2D eigenvalue weighted by Crippen LogP contribution is -2.53. The second-order valence-electron chi connectivity index (χ2n) is 6.64. The van der Waals surface area contributed by atoms with E-state index in [2.05, 4.69) is 25.2 Å². The molecule has 0 amide bonds. The van der Waals surface area contributed by atoms with Gasteiger partial charge in [0.2, 0.25) is 5.95 Å². The number of hydrogen-bond donors (Lipinski definition) is 1. The minimum atomic E-state index is -2.87. The van der Waals surface area contributed by atoms with Crippen molar-refractivity contribution in [3.63, 3.8) is 0 Å². The first-order valence-electron chi connectivity index (χ1n) is 8.93. The van der Waals surface area contributed by atoms with Crippen molar-refractivity contribution in [3.8, 4) is 0 Å². The predicted octanol–water partition coefficient (Wildman–Crippen LogP) is 0.138. The molecule has 0 aliphatic carbocycles. The number of aliphatic imine (C=N–C) groups is 1. The summed E-state index contributed by atoms with van der Waals surface area (Å²) in [4.78, 5) is 16.9. The molecule has 0 aromatic carbocycles. The van der Waals surface area contributed by atoms with Crippen LogP contribution in [-0.4, -0.2) is 80.0 Å². The summed E-state index contributed by atoms with van der Waals surface area (Å²) < 4.78 is 36.1. The molecule has 8 nitrogen and oxygen atoms in total. The fraction of sp³-hybridized carbons (Fsp3) is 0.688. The Morgan fingerprint density at radius 3 is 2.58 bits per heavy atom. The topological polar surface area (TPSA) is 90.8 Å². The Morgan fingerprint density at radius 1 is 1.31 bits per heavy atom. The van der Waals surface area contributed by atoms with E-state index in [1.165, 1.54) is 12.4 Å². The molecule has 2 aliphatic rings. The summed E-state index contributed by atoms with van der Waals surface area (Å²) in [6.07, 6.45) is 3.05. The van der Waals surface area contributed by atoms with E-state index in [0.717, 1.165) is 25.6 Å². The third-order valence-electron chi connectivity index (χ3n) is 4.63. The number of nitrogens with one attached hydrogen (secondary N) is 1. The maximum Gasteiger partial charge on any atom is 0.225 e. The molecule has 10 heteroatoms. The summed E-state index contributed by atoms with van der Waals surface area (Å²) in [7, 11) is -2.87. The van der Waals surface area contributed by atoms with E-state index in [9.17, 15) is 12.8 Å². The van der Waals surface area contributed by atoms with Crippen LogP contribution in [0.25, 0.3) is 0 Å². The molecule has 1 N–H and O–H groups in total. The van der Waals surface area contributed by atoms with Gasteiger partial charge in [0.25, 0.3) is 0 Å². The van der Waals surface area contributed by atoms with Crippen molar-refractivity contribution in [2.45, 2.75) is 13.3 Å². The molecule has 3 rings (SSSR count). The minimum absolute atomic E-state index is 0.113. The number of piperazine rings is 1. The van der Waals surface area contributed by atoms with E-state index in [4.69, 9.17) is 0 Å². The first-order chi connectivity index (χ1) is 12.5. The molecule has 0 bridgehead atoms. The molecular weight excluding hydrogens is 359 g/mol. The summed E-state index contributed by atoms with van der Waals surface area (Å²) in [6.45, 7) is 6.22. The average Bonchev–Trinajstić information content (AvgIpc) is 2.98. The zero-order valence-corrected chi connectivity index (χ0v) is 15.8. The third kappa shape index (κ3) is 4.80. The Balaban J connectivity index is 1.57. The van der Waals surface area contributed by atoms with E-state index in [0.29, 0.717) is 32.0 Å². The number of rotatable bonds is 4. The highest BCUT2D eigenvalue weighted by atomic mass is 32.2. The summed E-state index contributed by atoms with van der Waals surface area (Å²) in [5.41, 5.74) is 0. The van der Waals surface area contributed by atoms with Crippen LogP contribution in [0.4, 0.5) is 10.3 Å².